The zero-order valence-electron chi connectivity index (χ0n) is 16.8. The minimum absolute atomic E-state index is 0.0263. The van der Waals surface area contributed by atoms with Crippen LogP contribution in [0.1, 0.15) is 31.1 Å². The largest absolute Gasteiger partial charge is 0.473 e. The van der Waals surface area contributed by atoms with Crippen molar-refractivity contribution in [3.8, 4) is 16.9 Å². The highest BCUT2D eigenvalue weighted by Crippen LogP contribution is 2.37. The van der Waals surface area contributed by atoms with Crippen molar-refractivity contribution in [2.24, 2.45) is 0 Å². The summed E-state index contributed by atoms with van der Waals surface area (Å²) in [5, 5.41) is 4.65. The fourth-order valence-corrected chi connectivity index (χ4v) is 3.15. The first-order valence-electron chi connectivity index (χ1n) is 9.55. The third-order valence-electron chi connectivity index (χ3n) is 4.47. The highest BCUT2D eigenvalue weighted by Gasteiger charge is 2.33. The number of alkyl halides is 3. The van der Waals surface area contributed by atoms with E-state index >= 15 is 0 Å². The first-order valence-corrected chi connectivity index (χ1v) is 9.93. The van der Waals surface area contributed by atoms with Gasteiger partial charge in [-0.3, -0.25) is 4.68 Å². The Hall–Kier alpha value is -3.00. The van der Waals surface area contributed by atoms with Crippen LogP contribution in [0.4, 0.5) is 13.2 Å². The third-order valence-corrected chi connectivity index (χ3v) is 4.71. The van der Waals surface area contributed by atoms with Gasteiger partial charge in [-0.2, -0.15) is 18.3 Å². The molecule has 164 valence electrons. The zero-order valence-corrected chi connectivity index (χ0v) is 17.6. The Morgan fingerprint density at radius 2 is 1.97 bits per heavy atom. The van der Waals surface area contributed by atoms with Gasteiger partial charge in [0, 0.05) is 34.5 Å². The summed E-state index contributed by atoms with van der Waals surface area (Å²) in [6, 6.07) is 9.19. The van der Waals surface area contributed by atoms with Crippen molar-refractivity contribution in [2.75, 3.05) is 6.61 Å². The molecule has 0 saturated carbocycles. The molecule has 31 heavy (non-hydrogen) atoms. The highest BCUT2D eigenvalue weighted by molar-refractivity contribution is 6.31. The van der Waals surface area contributed by atoms with Crippen LogP contribution in [-0.2, 0) is 22.3 Å². The minimum Gasteiger partial charge on any atom is -0.473 e. The standard InChI is InChI=1S/C22H20ClF3N2O3/c1-3-28-13-15(12-27-28)18-11-17(23)8-9-19(18)31-20(21(29)30-4-2)14-6-5-7-16(10-14)22(24,25)26/h5-13,20H,3-4H2,1-2H3. The number of ether oxygens (including phenoxy) is 2. The number of hydrogen-bond donors (Lipinski definition) is 0. The molecule has 1 atom stereocenters. The third kappa shape index (κ3) is 5.38. The maximum absolute atomic E-state index is 13.2. The van der Waals surface area contributed by atoms with E-state index in [1.807, 2.05) is 6.92 Å². The van der Waals surface area contributed by atoms with Crippen molar-refractivity contribution < 1.29 is 27.4 Å². The molecule has 1 aromatic heterocycles. The Bertz CT molecular complexity index is 1070. The number of carbonyl (C=O) groups is 1. The molecule has 2 aromatic carbocycles. The first kappa shape index (κ1) is 22.7. The number of benzene rings is 2. The van der Waals surface area contributed by atoms with Gasteiger partial charge in [0.05, 0.1) is 18.4 Å². The fraction of sp³-hybridized carbons (Fsp3) is 0.273. The second-order valence-electron chi connectivity index (χ2n) is 6.60. The molecular formula is C22H20ClF3N2O3. The normalized spacial score (nSPS) is 12.5. The summed E-state index contributed by atoms with van der Waals surface area (Å²) in [6.07, 6.45) is -2.56. The first-order chi connectivity index (χ1) is 14.7. The predicted molar refractivity (Wildman–Crippen MR) is 110 cm³/mol. The Morgan fingerprint density at radius 1 is 1.19 bits per heavy atom. The molecule has 3 aromatic rings. The van der Waals surface area contributed by atoms with E-state index in [1.54, 1.807) is 42.2 Å². The number of halogens is 4. The molecule has 0 aliphatic rings. The summed E-state index contributed by atoms with van der Waals surface area (Å²) in [5.74, 6) is -0.539. The minimum atomic E-state index is -4.56. The van der Waals surface area contributed by atoms with Crippen LogP contribution >= 0.6 is 11.6 Å². The number of carbonyl (C=O) groups excluding carboxylic acids is 1. The summed E-state index contributed by atoms with van der Waals surface area (Å²) in [4.78, 5) is 12.6. The molecule has 5 nitrogen and oxygen atoms in total. The van der Waals surface area contributed by atoms with Gasteiger partial charge in [0.2, 0.25) is 6.10 Å². The average Bonchev–Trinajstić information content (AvgIpc) is 3.21. The van der Waals surface area contributed by atoms with Gasteiger partial charge in [-0.25, -0.2) is 4.79 Å². The van der Waals surface area contributed by atoms with Crippen LogP contribution in [0.2, 0.25) is 5.02 Å². The summed E-state index contributed by atoms with van der Waals surface area (Å²) < 4.78 is 52.3. The van der Waals surface area contributed by atoms with E-state index < -0.39 is 23.8 Å². The maximum atomic E-state index is 13.2. The Kier molecular flexibility index (Phi) is 6.90. The van der Waals surface area contributed by atoms with Crippen molar-refractivity contribution in [2.45, 2.75) is 32.7 Å². The van der Waals surface area contributed by atoms with Crippen LogP contribution in [0.15, 0.2) is 54.9 Å². The monoisotopic (exact) mass is 452 g/mol. The molecule has 0 aliphatic heterocycles. The smallest absolute Gasteiger partial charge is 0.416 e. The lowest BCUT2D eigenvalue weighted by atomic mass is 10.0. The lowest BCUT2D eigenvalue weighted by Gasteiger charge is -2.21. The summed E-state index contributed by atoms with van der Waals surface area (Å²) in [6.45, 7) is 4.23. The molecule has 0 N–H and O–H groups in total. The predicted octanol–water partition coefficient (Wildman–Crippen LogP) is 5.93. The number of hydrogen-bond acceptors (Lipinski definition) is 4. The molecule has 0 bridgehead atoms. The van der Waals surface area contributed by atoms with Gasteiger partial charge in [0.1, 0.15) is 5.75 Å². The van der Waals surface area contributed by atoms with Crippen LogP contribution in [0.5, 0.6) is 5.75 Å². The molecule has 9 heteroatoms. The van der Waals surface area contributed by atoms with E-state index in [1.165, 1.54) is 12.1 Å². The molecule has 0 spiro atoms. The van der Waals surface area contributed by atoms with Gasteiger partial charge < -0.3 is 9.47 Å². The highest BCUT2D eigenvalue weighted by atomic mass is 35.5. The summed E-state index contributed by atoms with van der Waals surface area (Å²) in [5.41, 5.74) is 0.376. The number of aryl methyl sites for hydroxylation is 1. The SMILES string of the molecule is CCOC(=O)C(Oc1ccc(Cl)cc1-c1cnn(CC)c1)c1cccc(C(F)(F)F)c1. The molecule has 0 radical (unpaired) electrons. The topological polar surface area (TPSA) is 53.4 Å². The van der Waals surface area contributed by atoms with Crippen LogP contribution in [0, 0.1) is 0 Å². The number of esters is 1. The Balaban J connectivity index is 2.04. The molecule has 1 heterocycles. The van der Waals surface area contributed by atoms with Crippen molar-refractivity contribution >= 4 is 17.6 Å². The van der Waals surface area contributed by atoms with E-state index in [0.29, 0.717) is 22.7 Å². The fourth-order valence-electron chi connectivity index (χ4n) is 2.98. The van der Waals surface area contributed by atoms with Gasteiger partial charge in [0.15, 0.2) is 0 Å². The van der Waals surface area contributed by atoms with Crippen molar-refractivity contribution in [3.63, 3.8) is 0 Å². The lowest BCUT2D eigenvalue weighted by Crippen LogP contribution is -2.22. The maximum Gasteiger partial charge on any atom is 0.416 e. The molecular weight excluding hydrogens is 433 g/mol. The molecule has 0 fully saturated rings. The van der Waals surface area contributed by atoms with Gasteiger partial charge >= 0.3 is 12.1 Å². The van der Waals surface area contributed by atoms with Gasteiger partial charge in [-0.05, 0) is 44.2 Å². The van der Waals surface area contributed by atoms with Crippen molar-refractivity contribution in [1.82, 2.24) is 9.78 Å². The van der Waals surface area contributed by atoms with E-state index in [-0.39, 0.29) is 17.9 Å². The van der Waals surface area contributed by atoms with E-state index in [9.17, 15) is 18.0 Å². The van der Waals surface area contributed by atoms with E-state index in [4.69, 9.17) is 21.1 Å². The zero-order chi connectivity index (χ0) is 22.6. The number of rotatable bonds is 7. The number of aromatic nitrogens is 2. The molecule has 0 aliphatic carbocycles. The average molecular weight is 453 g/mol. The van der Waals surface area contributed by atoms with Gasteiger partial charge in [0.25, 0.3) is 0 Å². The van der Waals surface area contributed by atoms with Crippen molar-refractivity contribution in [3.05, 3.63) is 71.0 Å². The molecule has 3 rings (SSSR count). The van der Waals surface area contributed by atoms with Crippen LogP contribution < -0.4 is 4.74 Å². The summed E-state index contributed by atoms with van der Waals surface area (Å²) in [7, 11) is 0. The van der Waals surface area contributed by atoms with Crippen LogP contribution in [-0.4, -0.2) is 22.4 Å². The lowest BCUT2D eigenvalue weighted by molar-refractivity contribution is -0.152. The quantitative estimate of drug-likeness (QED) is 0.417. The number of nitrogens with zero attached hydrogens (tertiary/aromatic N) is 2. The molecule has 1 unspecified atom stereocenters. The second kappa shape index (κ2) is 9.43. The van der Waals surface area contributed by atoms with E-state index in [0.717, 1.165) is 12.1 Å². The molecule has 0 amide bonds. The van der Waals surface area contributed by atoms with Crippen LogP contribution in [0.3, 0.4) is 0 Å². The van der Waals surface area contributed by atoms with E-state index in [2.05, 4.69) is 5.10 Å². The van der Waals surface area contributed by atoms with Crippen molar-refractivity contribution in [1.29, 1.82) is 0 Å². The van der Waals surface area contributed by atoms with Crippen LogP contribution in [0.25, 0.3) is 11.1 Å². The summed E-state index contributed by atoms with van der Waals surface area (Å²) >= 11 is 6.14. The Labute approximate surface area is 182 Å². The molecule has 0 saturated heterocycles. The Morgan fingerprint density at radius 3 is 2.61 bits per heavy atom. The van der Waals surface area contributed by atoms with Gasteiger partial charge in [-0.1, -0.05) is 23.7 Å². The van der Waals surface area contributed by atoms with Gasteiger partial charge in [-0.15, -0.1) is 0 Å². The second-order valence-corrected chi connectivity index (χ2v) is 7.03.